The SMILES string of the molecule is CC(C)c1cc(C(=O)N2CC[C@@H](Nc3ccccc3C=N)C2)n[nH]1. The Labute approximate surface area is 141 Å². The fourth-order valence-corrected chi connectivity index (χ4v) is 2.94. The lowest BCUT2D eigenvalue weighted by Crippen LogP contribution is -2.32. The number of hydrogen-bond donors (Lipinski definition) is 3. The summed E-state index contributed by atoms with van der Waals surface area (Å²) in [6, 6.07) is 9.78. The van der Waals surface area contributed by atoms with Crippen molar-refractivity contribution >= 4 is 17.8 Å². The number of aromatic nitrogens is 2. The number of amides is 1. The summed E-state index contributed by atoms with van der Waals surface area (Å²) >= 11 is 0. The molecule has 0 bridgehead atoms. The first-order valence-corrected chi connectivity index (χ1v) is 8.29. The number of aromatic amines is 1. The lowest BCUT2D eigenvalue weighted by Gasteiger charge is -2.17. The molecule has 2 aromatic rings. The maximum Gasteiger partial charge on any atom is 0.274 e. The molecule has 3 rings (SSSR count). The Morgan fingerprint density at radius 3 is 2.96 bits per heavy atom. The van der Waals surface area contributed by atoms with E-state index in [1.54, 1.807) is 0 Å². The van der Waals surface area contributed by atoms with Gasteiger partial charge in [-0.15, -0.1) is 0 Å². The van der Waals surface area contributed by atoms with Crippen molar-refractivity contribution < 1.29 is 4.79 Å². The van der Waals surface area contributed by atoms with Crippen LogP contribution in [0.15, 0.2) is 30.3 Å². The van der Waals surface area contributed by atoms with Gasteiger partial charge in [-0.05, 0) is 24.5 Å². The summed E-state index contributed by atoms with van der Waals surface area (Å²) in [5.41, 5.74) is 3.26. The zero-order chi connectivity index (χ0) is 17.1. The summed E-state index contributed by atoms with van der Waals surface area (Å²) in [6.07, 6.45) is 2.23. The van der Waals surface area contributed by atoms with Crippen molar-refractivity contribution in [3.8, 4) is 0 Å². The van der Waals surface area contributed by atoms with Gasteiger partial charge >= 0.3 is 0 Å². The predicted molar refractivity (Wildman–Crippen MR) is 94.9 cm³/mol. The van der Waals surface area contributed by atoms with Crippen LogP contribution in [-0.4, -0.2) is 46.4 Å². The van der Waals surface area contributed by atoms with Gasteiger partial charge < -0.3 is 15.6 Å². The van der Waals surface area contributed by atoms with E-state index in [0.717, 1.165) is 23.4 Å². The molecule has 1 amide bonds. The molecule has 1 atom stereocenters. The van der Waals surface area contributed by atoms with Crippen LogP contribution in [0.1, 0.15) is 47.9 Å². The first-order valence-electron chi connectivity index (χ1n) is 8.29. The van der Waals surface area contributed by atoms with Gasteiger partial charge in [0.1, 0.15) is 5.69 Å². The van der Waals surface area contributed by atoms with Crippen molar-refractivity contribution in [3.63, 3.8) is 0 Å². The number of nitrogens with one attached hydrogen (secondary N) is 3. The van der Waals surface area contributed by atoms with Crippen LogP contribution < -0.4 is 5.32 Å². The number of carbonyl (C=O) groups excluding carboxylic acids is 1. The van der Waals surface area contributed by atoms with Gasteiger partial charge in [-0.1, -0.05) is 32.0 Å². The zero-order valence-electron chi connectivity index (χ0n) is 14.0. The molecule has 126 valence electrons. The van der Waals surface area contributed by atoms with E-state index in [0.29, 0.717) is 24.7 Å². The molecule has 1 aliphatic rings. The number of likely N-dealkylation sites (tertiary alicyclic amines) is 1. The zero-order valence-corrected chi connectivity index (χ0v) is 14.0. The Hall–Kier alpha value is -2.63. The second kappa shape index (κ2) is 6.86. The topological polar surface area (TPSA) is 84.9 Å². The van der Waals surface area contributed by atoms with Gasteiger partial charge in [0.05, 0.1) is 0 Å². The number of benzene rings is 1. The third kappa shape index (κ3) is 3.32. The van der Waals surface area contributed by atoms with Gasteiger partial charge in [0.25, 0.3) is 5.91 Å². The van der Waals surface area contributed by atoms with Crippen molar-refractivity contribution in [1.82, 2.24) is 15.1 Å². The number of rotatable bonds is 5. The van der Waals surface area contributed by atoms with Gasteiger partial charge in [-0.3, -0.25) is 9.89 Å². The van der Waals surface area contributed by atoms with E-state index >= 15 is 0 Å². The summed E-state index contributed by atoms with van der Waals surface area (Å²) in [6.45, 7) is 5.50. The number of hydrogen-bond acceptors (Lipinski definition) is 4. The van der Waals surface area contributed by atoms with Crippen LogP contribution in [0.2, 0.25) is 0 Å². The minimum atomic E-state index is -0.0252. The van der Waals surface area contributed by atoms with Crippen molar-refractivity contribution in [2.45, 2.75) is 32.2 Å². The minimum Gasteiger partial charge on any atom is -0.380 e. The number of carbonyl (C=O) groups is 1. The Morgan fingerprint density at radius 2 is 2.25 bits per heavy atom. The highest BCUT2D eigenvalue weighted by Crippen LogP contribution is 2.20. The first-order chi connectivity index (χ1) is 11.6. The van der Waals surface area contributed by atoms with E-state index in [9.17, 15) is 4.79 Å². The molecule has 0 aliphatic carbocycles. The van der Waals surface area contributed by atoms with Crippen LogP contribution in [0.4, 0.5) is 5.69 Å². The normalized spacial score (nSPS) is 17.3. The molecule has 0 saturated carbocycles. The van der Waals surface area contributed by atoms with Crippen molar-refractivity contribution in [2.24, 2.45) is 0 Å². The molecule has 0 spiro atoms. The molecule has 3 N–H and O–H groups in total. The molecule has 1 fully saturated rings. The maximum atomic E-state index is 12.6. The number of nitrogens with zero attached hydrogens (tertiary/aromatic N) is 2. The molecule has 0 radical (unpaired) electrons. The van der Waals surface area contributed by atoms with Crippen LogP contribution in [0.3, 0.4) is 0 Å². The molecule has 24 heavy (non-hydrogen) atoms. The summed E-state index contributed by atoms with van der Waals surface area (Å²) in [4.78, 5) is 14.4. The third-order valence-electron chi connectivity index (χ3n) is 4.39. The fourth-order valence-electron chi connectivity index (χ4n) is 2.94. The van der Waals surface area contributed by atoms with Crippen LogP contribution >= 0.6 is 0 Å². The van der Waals surface area contributed by atoms with Gasteiger partial charge in [0, 0.05) is 42.3 Å². The van der Waals surface area contributed by atoms with E-state index in [4.69, 9.17) is 5.41 Å². The Morgan fingerprint density at radius 1 is 1.46 bits per heavy atom. The van der Waals surface area contributed by atoms with E-state index < -0.39 is 0 Å². The number of para-hydroxylation sites is 1. The van der Waals surface area contributed by atoms with Crippen LogP contribution in [0.25, 0.3) is 0 Å². The summed E-state index contributed by atoms with van der Waals surface area (Å²) in [5, 5.41) is 18.0. The van der Waals surface area contributed by atoms with E-state index in [1.807, 2.05) is 35.2 Å². The fraction of sp³-hybridized carbons (Fsp3) is 0.389. The van der Waals surface area contributed by atoms with Gasteiger partial charge in [0.15, 0.2) is 0 Å². The summed E-state index contributed by atoms with van der Waals surface area (Å²) in [7, 11) is 0. The van der Waals surface area contributed by atoms with E-state index in [1.165, 1.54) is 6.21 Å². The lowest BCUT2D eigenvalue weighted by molar-refractivity contribution is 0.0786. The predicted octanol–water partition coefficient (Wildman–Crippen LogP) is 2.86. The molecule has 6 heteroatoms. The second-order valence-electron chi connectivity index (χ2n) is 6.48. The molecular weight excluding hydrogens is 302 g/mol. The van der Waals surface area contributed by atoms with Gasteiger partial charge in [0.2, 0.25) is 0 Å². The first kappa shape index (κ1) is 16.2. The van der Waals surface area contributed by atoms with Crippen LogP contribution in [0.5, 0.6) is 0 Å². The molecule has 2 heterocycles. The molecule has 1 aromatic carbocycles. The van der Waals surface area contributed by atoms with Crippen LogP contribution in [-0.2, 0) is 0 Å². The van der Waals surface area contributed by atoms with Gasteiger partial charge in [-0.2, -0.15) is 5.10 Å². The Kier molecular flexibility index (Phi) is 4.64. The summed E-state index contributed by atoms with van der Waals surface area (Å²) < 4.78 is 0. The smallest absolute Gasteiger partial charge is 0.274 e. The lowest BCUT2D eigenvalue weighted by atomic mass is 10.1. The molecule has 0 unspecified atom stereocenters. The molecule has 1 aromatic heterocycles. The largest absolute Gasteiger partial charge is 0.380 e. The Balaban J connectivity index is 1.64. The van der Waals surface area contributed by atoms with Crippen molar-refractivity contribution in [1.29, 1.82) is 5.41 Å². The monoisotopic (exact) mass is 325 g/mol. The van der Waals surface area contributed by atoms with E-state index in [-0.39, 0.29) is 11.9 Å². The van der Waals surface area contributed by atoms with Gasteiger partial charge in [-0.25, -0.2) is 0 Å². The Bertz CT molecular complexity index is 737. The molecular formula is C18H23N5O. The van der Waals surface area contributed by atoms with Crippen molar-refractivity contribution in [2.75, 3.05) is 18.4 Å². The average molecular weight is 325 g/mol. The third-order valence-corrected chi connectivity index (χ3v) is 4.39. The summed E-state index contributed by atoms with van der Waals surface area (Å²) in [5.74, 6) is 0.299. The number of H-pyrrole nitrogens is 1. The molecule has 1 saturated heterocycles. The minimum absolute atomic E-state index is 0.0252. The highest BCUT2D eigenvalue weighted by atomic mass is 16.2. The maximum absolute atomic E-state index is 12.6. The second-order valence-corrected chi connectivity index (χ2v) is 6.48. The average Bonchev–Trinajstić information content (AvgIpc) is 3.24. The standard InChI is InChI=1S/C18H23N5O/c1-12(2)16-9-17(22-21-16)18(24)23-8-7-14(11-23)20-15-6-4-3-5-13(15)10-19/h3-6,9-10,12,14,19-20H,7-8,11H2,1-2H3,(H,21,22)/t14-/m1/s1. The highest BCUT2D eigenvalue weighted by molar-refractivity contribution is 5.92. The highest BCUT2D eigenvalue weighted by Gasteiger charge is 2.28. The molecule has 6 nitrogen and oxygen atoms in total. The van der Waals surface area contributed by atoms with Crippen molar-refractivity contribution in [3.05, 3.63) is 47.3 Å². The number of anilines is 1. The van der Waals surface area contributed by atoms with E-state index in [2.05, 4.69) is 29.4 Å². The molecule has 1 aliphatic heterocycles. The van der Waals surface area contributed by atoms with Crippen LogP contribution in [0, 0.1) is 5.41 Å². The quantitative estimate of drug-likeness (QED) is 0.739.